The van der Waals surface area contributed by atoms with Crippen LogP contribution in [-0.4, -0.2) is 48.4 Å². The lowest BCUT2D eigenvalue weighted by Crippen LogP contribution is -2.49. The van der Waals surface area contributed by atoms with Crippen LogP contribution >= 0.6 is 0 Å². The topological polar surface area (TPSA) is 112 Å². The van der Waals surface area contributed by atoms with E-state index >= 15 is 0 Å². The summed E-state index contributed by atoms with van der Waals surface area (Å²) in [6, 6.07) is 11.4. The first-order valence-electron chi connectivity index (χ1n) is 9.56. The number of piperidine rings is 1. The molecule has 0 spiro atoms. The zero-order chi connectivity index (χ0) is 20.4. The summed E-state index contributed by atoms with van der Waals surface area (Å²) in [7, 11) is -3.63. The van der Waals surface area contributed by atoms with Crippen LogP contribution in [0.1, 0.15) is 25.7 Å². The number of ether oxygens (including phenoxy) is 2. The van der Waals surface area contributed by atoms with Crippen LogP contribution < -0.4 is 15.2 Å². The van der Waals surface area contributed by atoms with Crippen molar-refractivity contribution in [3.05, 3.63) is 48.7 Å². The molecule has 154 valence electrons. The van der Waals surface area contributed by atoms with Crippen molar-refractivity contribution in [2.75, 3.05) is 6.61 Å². The van der Waals surface area contributed by atoms with Gasteiger partial charge in [-0.25, -0.2) is 13.4 Å². The molecule has 0 unspecified atom stereocenters. The van der Waals surface area contributed by atoms with Gasteiger partial charge in [-0.3, -0.25) is 4.79 Å². The number of primary amides is 1. The van der Waals surface area contributed by atoms with E-state index in [1.807, 2.05) is 18.2 Å². The minimum Gasteiger partial charge on any atom is -0.484 e. The third-order valence-electron chi connectivity index (χ3n) is 5.33. The van der Waals surface area contributed by atoms with Gasteiger partial charge in [-0.1, -0.05) is 6.07 Å². The van der Waals surface area contributed by atoms with E-state index in [1.165, 1.54) is 24.3 Å². The van der Waals surface area contributed by atoms with Gasteiger partial charge in [-0.15, -0.1) is 0 Å². The molecule has 9 heteroatoms. The van der Waals surface area contributed by atoms with Gasteiger partial charge in [-0.2, -0.15) is 4.31 Å². The van der Waals surface area contributed by atoms with Gasteiger partial charge in [0, 0.05) is 37.2 Å². The molecule has 0 saturated carbocycles. The number of fused-ring (bicyclic) bond motifs is 2. The van der Waals surface area contributed by atoms with Crippen molar-refractivity contribution in [3.8, 4) is 11.6 Å². The number of carbonyl (C=O) groups excluding carboxylic acids is 1. The Balaban J connectivity index is 1.46. The lowest BCUT2D eigenvalue weighted by molar-refractivity contribution is -0.119. The summed E-state index contributed by atoms with van der Waals surface area (Å²) in [6.07, 6.45) is 4.58. The molecule has 2 atom stereocenters. The molecule has 0 aliphatic carbocycles. The van der Waals surface area contributed by atoms with Crippen LogP contribution in [0.15, 0.2) is 53.6 Å². The molecule has 2 aliphatic rings. The zero-order valence-corrected chi connectivity index (χ0v) is 16.6. The molecule has 1 aromatic carbocycles. The molecule has 2 aliphatic heterocycles. The molecule has 2 fully saturated rings. The standard InChI is InChI=1S/C20H23N3O5S/c21-19(24)13-27-16-6-8-18(9-7-16)29(25,26)23-14-4-5-15(23)12-17(11-14)28-20-3-1-2-10-22-20/h1-3,6-10,14-15,17H,4-5,11-13H2,(H2,21,24)/t14-,15-/m0/s1. The molecule has 2 N–H and O–H groups in total. The van der Waals surface area contributed by atoms with Gasteiger partial charge in [0.1, 0.15) is 11.9 Å². The van der Waals surface area contributed by atoms with E-state index in [0.29, 0.717) is 24.5 Å². The molecule has 4 rings (SSSR count). The molecule has 3 heterocycles. The Bertz CT molecular complexity index is 951. The van der Waals surface area contributed by atoms with E-state index < -0.39 is 15.9 Å². The smallest absolute Gasteiger partial charge is 0.255 e. The van der Waals surface area contributed by atoms with Crippen molar-refractivity contribution >= 4 is 15.9 Å². The number of benzene rings is 1. The van der Waals surface area contributed by atoms with Crippen LogP contribution in [0.4, 0.5) is 0 Å². The van der Waals surface area contributed by atoms with Gasteiger partial charge in [0.15, 0.2) is 6.61 Å². The number of pyridine rings is 1. The Morgan fingerprint density at radius 3 is 2.38 bits per heavy atom. The summed E-state index contributed by atoms with van der Waals surface area (Å²) in [5.41, 5.74) is 5.05. The Morgan fingerprint density at radius 2 is 1.79 bits per heavy atom. The summed E-state index contributed by atoms with van der Waals surface area (Å²) in [4.78, 5) is 15.2. The number of nitrogens with two attached hydrogens (primary N) is 1. The normalized spacial score (nSPS) is 24.2. The second kappa shape index (κ2) is 8.00. The second-order valence-corrected chi connectivity index (χ2v) is 9.17. The molecule has 8 nitrogen and oxygen atoms in total. The molecule has 1 aromatic heterocycles. The number of carbonyl (C=O) groups is 1. The number of aromatic nitrogens is 1. The molecule has 1 amide bonds. The maximum Gasteiger partial charge on any atom is 0.255 e. The summed E-state index contributed by atoms with van der Waals surface area (Å²) < 4.78 is 39.3. The fraction of sp³-hybridized carbons (Fsp3) is 0.400. The number of hydrogen-bond acceptors (Lipinski definition) is 6. The molecular formula is C20H23N3O5S. The van der Waals surface area contributed by atoms with E-state index in [1.54, 1.807) is 10.5 Å². The van der Waals surface area contributed by atoms with E-state index in [4.69, 9.17) is 15.2 Å². The number of nitrogens with zero attached hydrogens (tertiary/aromatic N) is 2. The third-order valence-corrected chi connectivity index (χ3v) is 7.35. The summed E-state index contributed by atoms with van der Waals surface area (Å²) >= 11 is 0. The van der Waals surface area contributed by atoms with Gasteiger partial charge in [0.05, 0.1) is 4.90 Å². The summed E-state index contributed by atoms with van der Waals surface area (Å²) in [6.45, 7) is -0.250. The molecule has 2 aromatic rings. The predicted octanol–water partition coefficient (Wildman–Crippen LogP) is 1.71. The molecule has 29 heavy (non-hydrogen) atoms. The second-order valence-electron chi connectivity index (χ2n) is 7.33. The number of amides is 1. The Morgan fingerprint density at radius 1 is 1.10 bits per heavy atom. The SMILES string of the molecule is NC(=O)COc1ccc(S(=O)(=O)N2[C@H]3CC[C@H]2CC(Oc2ccccn2)C3)cc1. The molecule has 2 saturated heterocycles. The Kier molecular flexibility index (Phi) is 5.42. The average Bonchev–Trinajstić information content (AvgIpc) is 3.00. The van der Waals surface area contributed by atoms with E-state index in [-0.39, 0.29) is 29.7 Å². The highest BCUT2D eigenvalue weighted by Crippen LogP contribution is 2.40. The quantitative estimate of drug-likeness (QED) is 0.734. The summed E-state index contributed by atoms with van der Waals surface area (Å²) in [5, 5.41) is 0. The first kappa shape index (κ1) is 19.7. The zero-order valence-electron chi connectivity index (χ0n) is 15.8. The fourth-order valence-corrected chi connectivity index (χ4v) is 6.04. The number of sulfonamides is 1. The third kappa shape index (κ3) is 4.20. The number of rotatable bonds is 7. The molecular weight excluding hydrogens is 394 g/mol. The maximum atomic E-state index is 13.2. The Labute approximate surface area is 169 Å². The first-order chi connectivity index (χ1) is 13.9. The average molecular weight is 417 g/mol. The lowest BCUT2D eigenvalue weighted by atomic mass is 10.0. The van der Waals surface area contributed by atoms with E-state index in [9.17, 15) is 13.2 Å². The van der Waals surface area contributed by atoms with Crippen molar-refractivity contribution in [1.82, 2.24) is 9.29 Å². The van der Waals surface area contributed by atoms with Crippen LogP contribution in [-0.2, 0) is 14.8 Å². The van der Waals surface area contributed by atoms with Crippen LogP contribution in [0, 0.1) is 0 Å². The van der Waals surface area contributed by atoms with Crippen molar-refractivity contribution < 1.29 is 22.7 Å². The maximum absolute atomic E-state index is 13.2. The molecule has 0 radical (unpaired) electrons. The van der Waals surface area contributed by atoms with Crippen LogP contribution in [0.3, 0.4) is 0 Å². The van der Waals surface area contributed by atoms with Crippen molar-refractivity contribution in [2.45, 2.75) is 48.8 Å². The van der Waals surface area contributed by atoms with Gasteiger partial charge in [0.25, 0.3) is 5.91 Å². The highest BCUT2D eigenvalue weighted by molar-refractivity contribution is 7.89. The monoisotopic (exact) mass is 417 g/mol. The highest BCUT2D eigenvalue weighted by atomic mass is 32.2. The van der Waals surface area contributed by atoms with Gasteiger partial charge in [-0.05, 0) is 43.2 Å². The predicted molar refractivity (Wildman–Crippen MR) is 105 cm³/mol. The van der Waals surface area contributed by atoms with E-state index in [0.717, 1.165) is 12.8 Å². The van der Waals surface area contributed by atoms with Crippen molar-refractivity contribution in [2.24, 2.45) is 5.73 Å². The van der Waals surface area contributed by atoms with Crippen molar-refractivity contribution in [3.63, 3.8) is 0 Å². The molecule has 2 bridgehead atoms. The van der Waals surface area contributed by atoms with E-state index in [2.05, 4.69) is 4.98 Å². The highest BCUT2D eigenvalue weighted by Gasteiger charge is 2.47. The van der Waals surface area contributed by atoms with Crippen LogP contribution in [0.5, 0.6) is 11.6 Å². The van der Waals surface area contributed by atoms with Gasteiger partial charge in [0.2, 0.25) is 15.9 Å². The fourth-order valence-electron chi connectivity index (χ4n) is 4.14. The van der Waals surface area contributed by atoms with Crippen LogP contribution in [0.25, 0.3) is 0 Å². The Hall–Kier alpha value is -2.65. The number of hydrogen-bond donors (Lipinski definition) is 1. The van der Waals surface area contributed by atoms with Crippen molar-refractivity contribution in [1.29, 1.82) is 0 Å². The minimum atomic E-state index is -3.63. The van der Waals surface area contributed by atoms with Gasteiger partial charge >= 0.3 is 0 Å². The summed E-state index contributed by atoms with van der Waals surface area (Å²) in [5.74, 6) is 0.377. The van der Waals surface area contributed by atoms with Crippen LogP contribution in [0.2, 0.25) is 0 Å². The first-order valence-corrected chi connectivity index (χ1v) is 11.0. The lowest BCUT2D eigenvalue weighted by Gasteiger charge is -2.37. The van der Waals surface area contributed by atoms with Gasteiger partial charge < -0.3 is 15.2 Å². The largest absolute Gasteiger partial charge is 0.484 e. The minimum absolute atomic E-state index is 0.0431.